The summed E-state index contributed by atoms with van der Waals surface area (Å²) in [5.74, 6) is 1.53. The van der Waals surface area contributed by atoms with Crippen molar-refractivity contribution in [3.8, 4) is 11.5 Å². The lowest BCUT2D eigenvalue weighted by molar-refractivity contribution is 0.284. The number of hydrogen-bond donors (Lipinski definition) is 2. The molecule has 1 heterocycles. The third-order valence-corrected chi connectivity index (χ3v) is 4.03. The van der Waals surface area contributed by atoms with Crippen LogP contribution in [0, 0.1) is 0 Å². The number of anilines is 1. The van der Waals surface area contributed by atoms with Crippen LogP contribution >= 0.6 is 23.2 Å². The molecule has 130 valence electrons. The lowest BCUT2D eigenvalue weighted by atomic mass is 10.2. The van der Waals surface area contributed by atoms with Gasteiger partial charge < -0.3 is 14.8 Å². The molecule has 1 aromatic heterocycles. The summed E-state index contributed by atoms with van der Waals surface area (Å²) in [6.45, 7) is 0.802. The number of tetrazole rings is 1. The molecule has 0 spiro atoms. The molecule has 9 heteroatoms. The maximum atomic E-state index is 6.34. The molecule has 0 aliphatic heterocycles. The number of rotatable bonds is 7. The average molecular weight is 380 g/mol. The van der Waals surface area contributed by atoms with Gasteiger partial charge in [0.15, 0.2) is 11.5 Å². The third kappa shape index (κ3) is 4.52. The number of aromatic nitrogens is 4. The van der Waals surface area contributed by atoms with Crippen LogP contribution < -0.4 is 14.8 Å². The molecule has 0 saturated carbocycles. The number of ether oxygens (including phenoxy) is 2. The summed E-state index contributed by atoms with van der Waals surface area (Å²) in [6, 6.07) is 11.0. The number of methoxy groups -OCH3 is 1. The molecular weight excluding hydrogens is 365 g/mol. The predicted octanol–water partition coefficient (Wildman–Crippen LogP) is 3.71. The van der Waals surface area contributed by atoms with E-state index in [1.807, 2.05) is 30.3 Å². The summed E-state index contributed by atoms with van der Waals surface area (Å²) in [4.78, 5) is 0. The van der Waals surface area contributed by atoms with Crippen molar-refractivity contribution in [3.05, 3.63) is 57.6 Å². The van der Waals surface area contributed by atoms with Crippen LogP contribution in [0.5, 0.6) is 11.5 Å². The topological polar surface area (TPSA) is 85.0 Å². The molecule has 0 bridgehead atoms. The fourth-order valence-electron chi connectivity index (χ4n) is 2.14. The minimum absolute atomic E-state index is 0.379. The first-order valence-electron chi connectivity index (χ1n) is 7.36. The van der Waals surface area contributed by atoms with Crippen LogP contribution in [-0.2, 0) is 13.2 Å². The van der Waals surface area contributed by atoms with Gasteiger partial charge in [-0.15, -0.1) is 5.10 Å². The molecule has 0 unspecified atom stereocenters. The number of H-pyrrole nitrogens is 1. The van der Waals surface area contributed by atoms with Crippen molar-refractivity contribution in [1.29, 1.82) is 0 Å². The fourth-order valence-corrected chi connectivity index (χ4v) is 2.48. The van der Waals surface area contributed by atoms with Crippen LogP contribution in [0.3, 0.4) is 0 Å². The van der Waals surface area contributed by atoms with Crippen molar-refractivity contribution in [3.63, 3.8) is 0 Å². The molecule has 0 aliphatic rings. The lowest BCUT2D eigenvalue weighted by Crippen LogP contribution is -2.04. The smallest absolute Gasteiger partial charge is 0.263 e. The van der Waals surface area contributed by atoms with E-state index in [0.717, 1.165) is 11.1 Å². The van der Waals surface area contributed by atoms with Crippen LogP contribution in [0.4, 0.5) is 5.95 Å². The van der Waals surface area contributed by atoms with Gasteiger partial charge in [0.25, 0.3) is 5.95 Å². The van der Waals surface area contributed by atoms with Crippen LogP contribution in [0.2, 0.25) is 10.0 Å². The van der Waals surface area contributed by atoms with E-state index in [-0.39, 0.29) is 0 Å². The molecule has 2 N–H and O–H groups in total. The Morgan fingerprint density at radius 2 is 1.92 bits per heavy atom. The van der Waals surface area contributed by atoms with Crippen molar-refractivity contribution >= 4 is 29.2 Å². The first-order valence-corrected chi connectivity index (χ1v) is 8.12. The normalized spacial score (nSPS) is 10.5. The van der Waals surface area contributed by atoms with Crippen molar-refractivity contribution in [2.24, 2.45) is 0 Å². The maximum Gasteiger partial charge on any atom is 0.263 e. The summed E-state index contributed by atoms with van der Waals surface area (Å²) in [5, 5.41) is 17.7. The van der Waals surface area contributed by atoms with E-state index >= 15 is 0 Å². The van der Waals surface area contributed by atoms with Gasteiger partial charge in [-0.2, -0.15) is 5.21 Å². The zero-order chi connectivity index (χ0) is 17.6. The molecule has 3 aromatic rings. The highest BCUT2D eigenvalue weighted by Crippen LogP contribution is 2.34. The van der Waals surface area contributed by atoms with Gasteiger partial charge in [0.1, 0.15) is 6.61 Å². The number of nitrogens with zero attached hydrogens (tertiary/aromatic N) is 3. The van der Waals surface area contributed by atoms with Crippen LogP contribution in [0.15, 0.2) is 36.4 Å². The van der Waals surface area contributed by atoms with Gasteiger partial charge in [-0.05, 0) is 34.5 Å². The van der Waals surface area contributed by atoms with Gasteiger partial charge in [-0.1, -0.05) is 40.4 Å². The van der Waals surface area contributed by atoms with Gasteiger partial charge in [0.2, 0.25) is 0 Å². The highest BCUT2D eigenvalue weighted by molar-refractivity contribution is 6.31. The molecule has 7 nitrogen and oxygen atoms in total. The third-order valence-electron chi connectivity index (χ3n) is 3.42. The molecule has 0 saturated heterocycles. The highest BCUT2D eigenvalue weighted by atomic mass is 35.5. The van der Waals surface area contributed by atoms with Crippen molar-refractivity contribution in [2.45, 2.75) is 13.2 Å². The van der Waals surface area contributed by atoms with Crippen LogP contribution in [0.25, 0.3) is 0 Å². The lowest BCUT2D eigenvalue weighted by Gasteiger charge is -2.14. The van der Waals surface area contributed by atoms with E-state index < -0.39 is 0 Å². The Morgan fingerprint density at radius 3 is 2.60 bits per heavy atom. The Balaban J connectivity index is 1.71. The van der Waals surface area contributed by atoms with E-state index in [4.69, 9.17) is 32.7 Å². The maximum absolute atomic E-state index is 6.34. The van der Waals surface area contributed by atoms with Gasteiger partial charge >= 0.3 is 0 Å². The minimum atomic E-state index is 0.379. The standard InChI is InChI=1S/C16H15Cl2N5O2/c1-24-14-6-11(8-19-16-20-22-23-21-16)13(18)7-15(14)25-9-10-2-4-12(17)5-3-10/h2-7H,8-9H2,1H3,(H2,19,20,21,22,23). The number of benzene rings is 2. The number of hydrogen-bond acceptors (Lipinski definition) is 6. The summed E-state index contributed by atoms with van der Waals surface area (Å²) < 4.78 is 11.2. The molecule has 0 atom stereocenters. The molecule has 0 amide bonds. The molecule has 3 rings (SSSR count). The quantitative estimate of drug-likeness (QED) is 0.650. The Morgan fingerprint density at radius 1 is 1.12 bits per heavy atom. The second-order valence-electron chi connectivity index (χ2n) is 5.10. The Kier molecular flexibility index (Phi) is 5.57. The second-order valence-corrected chi connectivity index (χ2v) is 5.94. The zero-order valence-electron chi connectivity index (χ0n) is 13.3. The number of halogens is 2. The molecule has 25 heavy (non-hydrogen) atoms. The molecule has 0 fully saturated rings. The molecular formula is C16H15Cl2N5O2. The van der Waals surface area contributed by atoms with E-state index in [1.54, 1.807) is 13.2 Å². The number of nitrogens with one attached hydrogen (secondary N) is 2. The number of aromatic amines is 1. The SMILES string of the molecule is COc1cc(CNc2nn[nH]n2)c(Cl)cc1OCc1ccc(Cl)cc1. The first kappa shape index (κ1) is 17.3. The van der Waals surface area contributed by atoms with Gasteiger partial charge in [-0.25, -0.2) is 0 Å². The summed E-state index contributed by atoms with van der Waals surface area (Å²) >= 11 is 12.2. The Bertz CT molecular complexity index is 825. The van der Waals surface area contributed by atoms with E-state index in [2.05, 4.69) is 25.9 Å². The van der Waals surface area contributed by atoms with Gasteiger partial charge in [-0.3, -0.25) is 0 Å². The van der Waals surface area contributed by atoms with Gasteiger partial charge in [0.05, 0.1) is 7.11 Å². The molecule has 0 aliphatic carbocycles. The molecule has 0 radical (unpaired) electrons. The van der Waals surface area contributed by atoms with E-state index in [1.165, 1.54) is 0 Å². The van der Waals surface area contributed by atoms with Crippen molar-refractivity contribution in [1.82, 2.24) is 20.6 Å². The summed E-state index contributed by atoms with van der Waals surface area (Å²) in [7, 11) is 1.58. The predicted molar refractivity (Wildman–Crippen MR) is 95.3 cm³/mol. The zero-order valence-corrected chi connectivity index (χ0v) is 14.8. The van der Waals surface area contributed by atoms with Crippen molar-refractivity contribution < 1.29 is 9.47 Å². The fraction of sp³-hybridized carbons (Fsp3) is 0.188. The summed E-state index contributed by atoms with van der Waals surface area (Å²) in [6.07, 6.45) is 0. The van der Waals surface area contributed by atoms with Gasteiger partial charge in [0, 0.05) is 22.7 Å². The van der Waals surface area contributed by atoms with E-state index in [0.29, 0.717) is 40.6 Å². The van der Waals surface area contributed by atoms with Crippen molar-refractivity contribution in [2.75, 3.05) is 12.4 Å². The minimum Gasteiger partial charge on any atom is -0.493 e. The Hall–Kier alpha value is -2.51. The largest absolute Gasteiger partial charge is 0.493 e. The van der Waals surface area contributed by atoms with Crippen LogP contribution in [0.1, 0.15) is 11.1 Å². The van der Waals surface area contributed by atoms with E-state index in [9.17, 15) is 0 Å². The average Bonchev–Trinajstić information content (AvgIpc) is 3.14. The second kappa shape index (κ2) is 8.04. The first-order chi connectivity index (χ1) is 12.2. The molecule has 2 aromatic carbocycles. The summed E-state index contributed by atoms with van der Waals surface area (Å²) in [5.41, 5.74) is 1.81. The Labute approximate surface area is 154 Å². The highest BCUT2D eigenvalue weighted by Gasteiger charge is 2.11. The van der Waals surface area contributed by atoms with Crippen LogP contribution in [-0.4, -0.2) is 27.7 Å². The monoisotopic (exact) mass is 379 g/mol.